The first-order chi connectivity index (χ1) is 17.7. The molecule has 2 aliphatic carbocycles. The van der Waals surface area contributed by atoms with Gasteiger partial charge >= 0.3 is 0 Å². The number of carbonyl (C=O) groups excluding carboxylic acids is 1. The number of nitrogens with zero attached hydrogens (tertiary/aromatic N) is 6. The third-order valence-electron chi connectivity index (χ3n) is 7.61. The smallest absolute Gasteiger partial charge is 0.238 e. The standard InChI is InChI=1S/C25H30N8O3S/c1-16(34)31(2)23-25(12-4-3-5-13-25)32-21(33(30-23)19-8-9-19)14-17-15-27-24(29-22(17)32)28-18-6-10-20(11-7-18)37(26,35)36/h6-7,10-11,14-15,19H,3-5,8-9,12-13H2,1-2H3,(H2,26,35,36)(H,27,28,29). The normalized spacial score (nSPS) is 19.0. The first-order valence-corrected chi connectivity index (χ1v) is 14.1. The van der Waals surface area contributed by atoms with Crippen molar-refractivity contribution in [2.24, 2.45) is 10.2 Å². The molecule has 12 heteroatoms. The van der Waals surface area contributed by atoms with Crippen LogP contribution in [0, 0.1) is 0 Å². The van der Waals surface area contributed by atoms with Crippen molar-refractivity contribution in [3.63, 3.8) is 0 Å². The zero-order valence-electron chi connectivity index (χ0n) is 20.9. The van der Waals surface area contributed by atoms with Gasteiger partial charge in [0, 0.05) is 31.2 Å². The lowest BCUT2D eigenvalue weighted by atomic mass is 9.79. The zero-order chi connectivity index (χ0) is 25.9. The Morgan fingerprint density at radius 1 is 1.16 bits per heavy atom. The highest BCUT2D eigenvalue weighted by atomic mass is 32.2. The Bertz CT molecular complexity index is 1520. The molecular formula is C25H30N8O3S. The van der Waals surface area contributed by atoms with Gasteiger partial charge in [-0.2, -0.15) is 10.1 Å². The molecule has 2 saturated carbocycles. The third-order valence-corrected chi connectivity index (χ3v) is 8.53. The van der Waals surface area contributed by atoms with E-state index in [4.69, 9.17) is 15.2 Å². The van der Waals surface area contributed by atoms with Gasteiger partial charge in [-0.05, 0) is 56.0 Å². The van der Waals surface area contributed by atoms with Crippen molar-refractivity contribution < 1.29 is 13.2 Å². The molecule has 1 spiro atoms. The van der Waals surface area contributed by atoms with Crippen LogP contribution in [0.5, 0.6) is 0 Å². The molecule has 1 aliphatic heterocycles. The largest absolute Gasteiger partial charge is 0.324 e. The van der Waals surface area contributed by atoms with Crippen molar-refractivity contribution in [2.75, 3.05) is 17.4 Å². The maximum atomic E-state index is 12.6. The van der Waals surface area contributed by atoms with Crippen molar-refractivity contribution in [3.8, 4) is 0 Å². The molecule has 1 aromatic carbocycles. The van der Waals surface area contributed by atoms with Crippen molar-refractivity contribution in [2.45, 2.75) is 68.3 Å². The number of hydrogen-bond donors (Lipinski definition) is 2. The lowest BCUT2D eigenvalue weighted by Crippen LogP contribution is -2.56. The zero-order valence-corrected chi connectivity index (χ0v) is 21.7. The van der Waals surface area contributed by atoms with E-state index < -0.39 is 15.6 Å². The van der Waals surface area contributed by atoms with Gasteiger partial charge in [-0.25, -0.2) is 23.5 Å². The molecule has 0 unspecified atom stereocenters. The molecule has 3 aromatic rings. The summed E-state index contributed by atoms with van der Waals surface area (Å²) in [6, 6.07) is 8.56. The fourth-order valence-electron chi connectivity index (χ4n) is 5.53. The van der Waals surface area contributed by atoms with Crippen molar-refractivity contribution >= 4 is 50.3 Å². The van der Waals surface area contributed by atoms with Gasteiger partial charge in [-0.15, -0.1) is 0 Å². The summed E-state index contributed by atoms with van der Waals surface area (Å²) < 4.78 is 25.5. The van der Waals surface area contributed by atoms with E-state index in [1.54, 1.807) is 30.2 Å². The minimum Gasteiger partial charge on any atom is -0.324 e. The van der Waals surface area contributed by atoms with E-state index in [2.05, 4.69) is 25.9 Å². The average Bonchev–Trinajstić information content (AvgIpc) is 3.64. The Kier molecular flexibility index (Phi) is 5.50. The average molecular weight is 523 g/mol. The van der Waals surface area contributed by atoms with Crippen LogP contribution in [0.1, 0.15) is 51.9 Å². The van der Waals surface area contributed by atoms with Crippen LogP contribution in [0.25, 0.3) is 11.0 Å². The van der Waals surface area contributed by atoms with Crippen LogP contribution in [0.2, 0.25) is 0 Å². The number of nitrogens with one attached hydrogen (secondary N) is 1. The van der Waals surface area contributed by atoms with Crippen LogP contribution in [-0.4, -0.2) is 52.7 Å². The van der Waals surface area contributed by atoms with Crippen LogP contribution in [-0.2, 0) is 20.4 Å². The summed E-state index contributed by atoms with van der Waals surface area (Å²) in [6.07, 6.45) is 8.89. The molecule has 3 heterocycles. The Balaban J connectivity index is 1.47. The summed E-state index contributed by atoms with van der Waals surface area (Å²) in [5.41, 5.74) is 0.956. The van der Waals surface area contributed by atoms with Crippen LogP contribution < -0.4 is 15.5 Å². The molecule has 2 fully saturated rings. The molecule has 0 saturated heterocycles. The minimum absolute atomic E-state index is 0.0379. The van der Waals surface area contributed by atoms with Gasteiger partial charge < -0.3 is 10.2 Å². The number of anilines is 3. The highest BCUT2D eigenvalue weighted by molar-refractivity contribution is 7.89. The number of hydrazone groups is 1. The summed E-state index contributed by atoms with van der Waals surface area (Å²) in [5, 5.41) is 16.5. The van der Waals surface area contributed by atoms with Crippen LogP contribution in [0.4, 0.5) is 17.5 Å². The molecule has 3 aliphatic rings. The second-order valence-electron chi connectivity index (χ2n) is 10.2. The van der Waals surface area contributed by atoms with Crippen LogP contribution in [0.15, 0.2) is 46.5 Å². The number of nitrogens with two attached hydrogens (primary N) is 1. The Hall–Kier alpha value is -3.51. The van der Waals surface area contributed by atoms with Crippen LogP contribution in [0.3, 0.4) is 0 Å². The predicted octanol–water partition coefficient (Wildman–Crippen LogP) is 3.26. The number of fused-ring (bicyclic) bond motifs is 4. The van der Waals surface area contributed by atoms with Crippen molar-refractivity contribution in [1.82, 2.24) is 19.4 Å². The number of amides is 1. The lowest BCUT2D eigenvalue weighted by Gasteiger charge is -2.47. The predicted molar refractivity (Wildman–Crippen MR) is 141 cm³/mol. The highest BCUT2D eigenvalue weighted by Crippen LogP contribution is 2.48. The van der Waals surface area contributed by atoms with E-state index in [0.717, 1.165) is 67.6 Å². The van der Waals surface area contributed by atoms with E-state index in [0.29, 0.717) is 17.7 Å². The van der Waals surface area contributed by atoms with Gasteiger partial charge in [0.1, 0.15) is 17.0 Å². The number of aromatic nitrogens is 3. The van der Waals surface area contributed by atoms with E-state index in [1.807, 2.05) is 7.05 Å². The molecule has 3 N–H and O–H groups in total. The van der Waals surface area contributed by atoms with Gasteiger partial charge in [-0.1, -0.05) is 19.3 Å². The molecule has 194 valence electrons. The number of likely N-dealkylation sites (N-methyl/N-ethyl adjacent to an activating group) is 1. The fourth-order valence-corrected chi connectivity index (χ4v) is 6.04. The van der Waals surface area contributed by atoms with E-state index in [1.165, 1.54) is 12.1 Å². The van der Waals surface area contributed by atoms with E-state index in [9.17, 15) is 13.2 Å². The molecule has 2 aromatic heterocycles. The topological polar surface area (TPSA) is 139 Å². The third kappa shape index (κ3) is 4.04. The number of hydrogen-bond acceptors (Lipinski definition) is 8. The number of amidine groups is 1. The lowest BCUT2D eigenvalue weighted by molar-refractivity contribution is -0.124. The Morgan fingerprint density at radius 3 is 2.49 bits per heavy atom. The van der Waals surface area contributed by atoms with E-state index in [-0.39, 0.29) is 10.8 Å². The SMILES string of the molecule is CC(=O)N(C)C1=NN(C2CC2)c2cc3cnc(Nc4ccc(S(N)(=O)=O)cc4)nc3n2C12CCCCC2. The molecule has 11 nitrogen and oxygen atoms in total. The maximum Gasteiger partial charge on any atom is 0.238 e. The summed E-state index contributed by atoms with van der Waals surface area (Å²) in [4.78, 5) is 23.7. The molecule has 0 bridgehead atoms. The van der Waals surface area contributed by atoms with Gasteiger partial charge in [0.05, 0.1) is 10.9 Å². The van der Waals surface area contributed by atoms with Crippen molar-refractivity contribution in [3.05, 3.63) is 36.5 Å². The van der Waals surface area contributed by atoms with Gasteiger partial charge in [0.2, 0.25) is 21.9 Å². The number of benzene rings is 1. The highest BCUT2D eigenvalue weighted by Gasteiger charge is 2.49. The number of primary sulfonamides is 1. The molecule has 6 rings (SSSR count). The summed E-state index contributed by atoms with van der Waals surface area (Å²) in [6.45, 7) is 1.58. The molecule has 37 heavy (non-hydrogen) atoms. The van der Waals surface area contributed by atoms with Crippen molar-refractivity contribution in [1.29, 1.82) is 0 Å². The molecule has 0 atom stereocenters. The summed E-state index contributed by atoms with van der Waals surface area (Å²) >= 11 is 0. The van der Waals surface area contributed by atoms with Gasteiger partial charge in [0.25, 0.3) is 0 Å². The number of rotatable bonds is 4. The number of carbonyl (C=O) groups is 1. The number of sulfonamides is 1. The second-order valence-corrected chi connectivity index (χ2v) is 11.7. The first-order valence-electron chi connectivity index (χ1n) is 12.6. The van der Waals surface area contributed by atoms with Gasteiger partial charge in [-0.3, -0.25) is 9.36 Å². The molecule has 0 radical (unpaired) electrons. The quantitative estimate of drug-likeness (QED) is 0.536. The first kappa shape index (κ1) is 23.9. The Morgan fingerprint density at radius 2 is 1.86 bits per heavy atom. The molecular weight excluding hydrogens is 492 g/mol. The monoisotopic (exact) mass is 522 g/mol. The van der Waals surface area contributed by atoms with Crippen LogP contribution >= 0.6 is 0 Å². The Labute approximate surface area is 215 Å². The minimum atomic E-state index is -3.77. The summed E-state index contributed by atoms with van der Waals surface area (Å²) in [7, 11) is -1.96. The van der Waals surface area contributed by atoms with Gasteiger partial charge in [0.15, 0.2) is 5.84 Å². The second kappa shape index (κ2) is 8.52. The summed E-state index contributed by atoms with van der Waals surface area (Å²) in [5.74, 6) is 2.12. The molecule has 1 amide bonds. The maximum absolute atomic E-state index is 12.6. The van der Waals surface area contributed by atoms with E-state index >= 15 is 0 Å². The fraction of sp³-hybridized carbons (Fsp3) is 0.440.